The Labute approximate surface area is 85.5 Å². The van der Waals surface area contributed by atoms with Crippen LogP contribution in [0.2, 0.25) is 0 Å². The van der Waals surface area contributed by atoms with Crippen LogP contribution >= 0.6 is 45.2 Å². The van der Waals surface area contributed by atoms with Crippen molar-refractivity contribution in [2.45, 2.75) is 7.22 Å². The van der Waals surface area contributed by atoms with Crippen LogP contribution in [0.5, 0.6) is 0 Å². The van der Waals surface area contributed by atoms with E-state index >= 15 is 0 Å². The van der Waals surface area contributed by atoms with Crippen molar-refractivity contribution in [3.05, 3.63) is 0 Å². The summed E-state index contributed by atoms with van der Waals surface area (Å²) in [5.41, 5.74) is 0. The highest BCUT2D eigenvalue weighted by Gasteiger charge is 2.44. The van der Waals surface area contributed by atoms with Crippen LogP contribution in [0.3, 0.4) is 0 Å². The van der Waals surface area contributed by atoms with E-state index in [0.29, 0.717) is 0 Å². The second kappa shape index (κ2) is 3.81. The van der Waals surface area contributed by atoms with Gasteiger partial charge < -0.3 is 20.4 Å². The van der Waals surface area contributed by atoms with Crippen LogP contribution < -0.4 is 0 Å². The molecular weight excluding hydrogens is 366 g/mol. The van der Waals surface area contributed by atoms with Crippen LogP contribution in [-0.4, -0.2) is 40.9 Å². The van der Waals surface area contributed by atoms with Crippen LogP contribution in [0, 0.1) is 0 Å². The number of halogens is 2. The van der Waals surface area contributed by atoms with E-state index in [1.807, 2.05) is 0 Å². The van der Waals surface area contributed by atoms with Gasteiger partial charge in [-0.25, -0.2) is 0 Å². The van der Waals surface area contributed by atoms with Crippen molar-refractivity contribution in [1.29, 1.82) is 0 Å². The van der Waals surface area contributed by atoms with Crippen molar-refractivity contribution in [2.75, 3.05) is 13.2 Å². The molecule has 0 heterocycles. The zero-order valence-corrected chi connectivity index (χ0v) is 9.27. The quantitative estimate of drug-likeness (QED) is 0.386. The van der Waals surface area contributed by atoms with Gasteiger partial charge in [0.25, 0.3) is 0 Å². The Morgan fingerprint density at radius 1 is 0.900 bits per heavy atom. The highest BCUT2D eigenvalue weighted by Crippen LogP contribution is 2.34. The number of hydrogen-bond donors (Lipinski definition) is 4. The van der Waals surface area contributed by atoms with E-state index in [0.717, 1.165) is 0 Å². The number of hydrogen-bond acceptors (Lipinski definition) is 4. The van der Waals surface area contributed by atoms with E-state index in [1.165, 1.54) is 45.2 Å². The molecular formula is C4H8I2O4. The zero-order valence-electron chi connectivity index (χ0n) is 4.96. The molecule has 0 unspecified atom stereocenters. The molecule has 0 spiro atoms. The summed E-state index contributed by atoms with van der Waals surface area (Å²) in [6.45, 7) is -1.21. The summed E-state index contributed by atoms with van der Waals surface area (Å²) in [5, 5.41) is 35.4. The second-order valence-corrected chi connectivity index (χ2v) is 5.40. The molecule has 0 aromatic heterocycles. The summed E-state index contributed by atoms with van der Waals surface area (Å²) in [5.74, 6) is 0. The average Bonchev–Trinajstić information content (AvgIpc) is 1.88. The summed E-state index contributed by atoms with van der Waals surface area (Å²) in [7, 11) is 0. The standard InChI is InChI=1S/C4H8I2O4/c5-3(9,1-7)4(6,10)2-8/h7-10H,1-2H2/t3-,4-/m1/s1. The van der Waals surface area contributed by atoms with E-state index in [1.54, 1.807) is 0 Å². The Bertz CT molecular complexity index is 99.8. The minimum absolute atomic E-state index is 0.604. The van der Waals surface area contributed by atoms with E-state index < -0.39 is 20.4 Å². The van der Waals surface area contributed by atoms with Gasteiger partial charge in [-0.05, 0) is 45.2 Å². The lowest BCUT2D eigenvalue weighted by molar-refractivity contribution is -0.0613. The topological polar surface area (TPSA) is 80.9 Å². The van der Waals surface area contributed by atoms with Gasteiger partial charge in [-0.1, -0.05) is 0 Å². The fourth-order valence-electron chi connectivity index (χ4n) is 0.242. The maximum Gasteiger partial charge on any atom is 0.178 e. The molecule has 62 valence electrons. The summed E-state index contributed by atoms with van der Waals surface area (Å²) >= 11 is 2.94. The molecule has 0 fully saturated rings. The Hall–Kier alpha value is 1.30. The molecule has 0 amide bonds. The van der Waals surface area contributed by atoms with Gasteiger partial charge in [-0.3, -0.25) is 0 Å². The minimum Gasteiger partial charge on any atom is -0.392 e. The molecule has 6 heteroatoms. The Morgan fingerprint density at radius 2 is 1.10 bits per heavy atom. The predicted molar refractivity (Wildman–Crippen MR) is 52.1 cm³/mol. The lowest BCUT2D eigenvalue weighted by atomic mass is 10.2. The smallest absolute Gasteiger partial charge is 0.178 e. The molecule has 0 aliphatic heterocycles. The molecule has 0 rings (SSSR count). The van der Waals surface area contributed by atoms with Crippen molar-refractivity contribution >= 4 is 45.2 Å². The van der Waals surface area contributed by atoms with Crippen LogP contribution in [-0.2, 0) is 0 Å². The molecule has 10 heavy (non-hydrogen) atoms. The van der Waals surface area contributed by atoms with E-state index in [4.69, 9.17) is 10.2 Å². The SMILES string of the molecule is OC[C@](O)(I)[C@@](O)(I)CO. The maximum atomic E-state index is 9.17. The third kappa shape index (κ3) is 2.41. The highest BCUT2D eigenvalue weighted by molar-refractivity contribution is 14.1. The second-order valence-electron chi connectivity index (χ2n) is 1.83. The summed E-state index contributed by atoms with van der Waals surface area (Å²) in [4.78, 5) is 0. The molecule has 0 saturated heterocycles. The number of rotatable bonds is 3. The Morgan fingerprint density at radius 3 is 1.20 bits per heavy atom. The molecule has 0 aliphatic carbocycles. The first-order valence-corrected chi connectivity index (χ1v) is 4.57. The van der Waals surface area contributed by atoms with Gasteiger partial charge >= 0.3 is 0 Å². The van der Waals surface area contributed by atoms with Gasteiger partial charge in [0.1, 0.15) is 0 Å². The third-order valence-electron chi connectivity index (χ3n) is 1.01. The van der Waals surface area contributed by atoms with Crippen molar-refractivity contribution in [3.63, 3.8) is 0 Å². The monoisotopic (exact) mass is 374 g/mol. The summed E-state index contributed by atoms with van der Waals surface area (Å²) < 4.78 is -3.39. The van der Waals surface area contributed by atoms with E-state index in [9.17, 15) is 10.2 Å². The van der Waals surface area contributed by atoms with Gasteiger partial charge in [-0.2, -0.15) is 0 Å². The molecule has 0 radical (unpaired) electrons. The first-order valence-electron chi connectivity index (χ1n) is 2.41. The number of aliphatic hydroxyl groups excluding tert-OH is 2. The molecule has 4 N–H and O–H groups in total. The predicted octanol–water partition coefficient (Wildman–Crippen LogP) is -0.782. The number of alkyl halides is 2. The lowest BCUT2D eigenvalue weighted by Crippen LogP contribution is -2.50. The van der Waals surface area contributed by atoms with Crippen LogP contribution in [0.15, 0.2) is 0 Å². The van der Waals surface area contributed by atoms with Crippen LogP contribution in [0.25, 0.3) is 0 Å². The summed E-state index contributed by atoms with van der Waals surface area (Å²) in [6.07, 6.45) is 0. The fraction of sp³-hybridized carbons (Fsp3) is 1.00. The zero-order chi connectivity index (χ0) is 8.41. The maximum absolute atomic E-state index is 9.17. The van der Waals surface area contributed by atoms with E-state index in [2.05, 4.69) is 0 Å². The normalized spacial score (nSPS) is 23.4. The molecule has 0 aromatic rings. The molecule has 0 bridgehead atoms. The van der Waals surface area contributed by atoms with E-state index in [-0.39, 0.29) is 0 Å². The lowest BCUT2D eigenvalue weighted by Gasteiger charge is -2.31. The molecule has 4 nitrogen and oxygen atoms in total. The van der Waals surface area contributed by atoms with Crippen molar-refractivity contribution in [2.24, 2.45) is 0 Å². The molecule has 0 saturated carbocycles. The van der Waals surface area contributed by atoms with Gasteiger partial charge in [0.2, 0.25) is 0 Å². The third-order valence-corrected chi connectivity index (χ3v) is 4.50. The van der Waals surface area contributed by atoms with Gasteiger partial charge in [-0.15, -0.1) is 0 Å². The Kier molecular flexibility index (Phi) is 4.30. The largest absolute Gasteiger partial charge is 0.392 e. The van der Waals surface area contributed by atoms with Gasteiger partial charge in [0, 0.05) is 0 Å². The van der Waals surface area contributed by atoms with Crippen molar-refractivity contribution in [3.8, 4) is 0 Å². The van der Waals surface area contributed by atoms with Crippen LogP contribution in [0.4, 0.5) is 0 Å². The number of aliphatic hydroxyl groups is 4. The molecule has 0 aromatic carbocycles. The van der Waals surface area contributed by atoms with Crippen molar-refractivity contribution < 1.29 is 20.4 Å². The van der Waals surface area contributed by atoms with Crippen molar-refractivity contribution in [1.82, 2.24) is 0 Å². The van der Waals surface area contributed by atoms with Gasteiger partial charge in [0.05, 0.1) is 13.2 Å². The molecule has 2 atom stereocenters. The fourth-order valence-corrected chi connectivity index (χ4v) is 0.583. The molecule has 0 aliphatic rings. The Balaban J connectivity index is 4.28. The first kappa shape index (κ1) is 11.3. The first-order chi connectivity index (χ1) is 4.37. The highest BCUT2D eigenvalue weighted by atomic mass is 127. The average molecular weight is 374 g/mol. The van der Waals surface area contributed by atoms with Gasteiger partial charge in [0.15, 0.2) is 7.22 Å². The van der Waals surface area contributed by atoms with Crippen LogP contribution in [0.1, 0.15) is 0 Å². The minimum atomic E-state index is -1.69. The summed E-state index contributed by atoms with van der Waals surface area (Å²) in [6, 6.07) is 0.